The van der Waals surface area contributed by atoms with Crippen LogP contribution in [0.1, 0.15) is 35.4 Å². The van der Waals surface area contributed by atoms with Crippen molar-refractivity contribution in [3.63, 3.8) is 0 Å². The molecule has 2 aromatic heterocycles. The van der Waals surface area contributed by atoms with Gasteiger partial charge in [0.1, 0.15) is 15.2 Å². The van der Waals surface area contributed by atoms with Gasteiger partial charge in [-0.05, 0) is 18.8 Å². The summed E-state index contributed by atoms with van der Waals surface area (Å²) >= 11 is 1.33. The molecule has 0 unspecified atom stereocenters. The van der Waals surface area contributed by atoms with E-state index in [9.17, 15) is 4.79 Å². The summed E-state index contributed by atoms with van der Waals surface area (Å²) in [6.07, 6.45) is 8.24. The molecule has 20 heavy (non-hydrogen) atoms. The van der Waals surface area contributed by atoms with Gasteiger partial charge in [0.05, 0.1) is 5.69 Å². The average molecular weight is 290 g/mol. The van der Waals surface area contributed by atoms with Crippen molar-refractivity contribution < 1.29 is 4.79 Å². The second-order valence-electron chi connectivity index (χ2n) is 5.39. The van der Waals surface area contributed by atoms with Crippen LogP contribution in [0.3, 0.4) is 0 Å². The Morgan fingerprint density at radius 3 is 2.80 bits per heavy atom. The van der Waals surface area contributed by atoms with Crippen molar-refractivity contribution in [3.8, 4) is 0 Å². The molecule has 1 saturated carbocycles. The number of carbonyl (C=O) groups excluding carboxylic acids is 1. The number of nitrogen functional groups attached to an aromatic ring is 1. The number of hydrogen-bond donors (Lipinski definition) is 1. The summed E-state index contributed by atoms with van der Waals surface area (Å²) in [7, 11) is 1.85. The van der Waals surface area contributed by atoms with E-state index in [0.29, 0.717) is 22.0 Å². The maximum atomic E-state index is 12.5. The van der Waals surface area contributed by atoms with Crippen LogP contribution in [0.5, 0.6) is 0 Å². The van der Waals surface area contributed by atoms with Crippen LogP contribution in [-0.2, 0) is 0 Å². The first-order valence-corrected chi connectivity index (χ1v) is 7.73. The SMILES string of the molecule is CN(CC1CCCC1)C(=O)c1sc2nccnc2c1N. The summed E-state index contributed by atoms with van der Waals surface area (Å²) in [4.78, 5) is 24.0. The third kappa shape index (κ3) is 2.35. The van der Waals surface area contributed by atoms with Crippen LogP contribution in [0.15, 0.2) is 12.4 Å². The molecule has 0 saturated heterocycles. The first kappa shape index (κ1) is 13.3. The molecule has 2 heterocycles. The molecule has 0 atom stereocenters. The van der Waals surface area contributed by atoms with Crippen LogP contribution >= 0.6 is 11.3 Å². The number of anilines is 1. The Labute approximate surface area is 121 Å². The first-order chi connectivity index (χ1) is 9.66. The molecular weight excluding hydrogens is 272 g/mol. The molecule has 1 amide bonds. The zero-order valence-electron chi connectivity index (χ0n) is 11.5. The number of rotatable bonds is 3. The van der Waals surface area contributed by atoms with Gasteiger partial charge in [-0.25, -0.2) is 9.97 Å². The topological polar surface area (TPSA) is 72.1 Å². The molecule has 106 valence electrons. The maximum Gasteiger partial charge on any atom is 0.265 e. The van der Waals surface area contributed by atoms with Gasteiger partial charge in [0.25, 0.3) is 5.91 Å². The normalized spacial score (nSPS) is 15.8. The number of nitrogens with two attached hydrogens (primary N) is 1. The van der Waals surface area contributed by atoms with E-state index in [4.69, 9.17) is 5.73 Å². The summed E-state index contributed by atoms with van der Waals surface area (Å²) in [6.45, 7) is 0.813. The third-order valence-electron chi connectivity index (χ3n) is 3.91. The molecular formula is C14H18N4OS. The van der Waals surface area contributed by atoms with E-state index >= 15 is 0 Å². The molecule has 0 aromatic carbocycles. The lowest BCUT2D eigenvalue weighted by atomic mass is 10.1. The van der Waals surface area contributed by atoms with Crippen molar-refractivity contribution in [2.75, 3.05) is 19.3 Å². The lowest BCUT2D eigenvalue weighted by Gasteiger charge is -2.20. The first-order valence-electron chi connectivity index (χ1n) is 6.91. The number of hydrogen-bond acceptors (Lipinski definition) is 5. The summed E-state index contributed by atoms with van der Waals surface area (Å²) in [6, 6.07) is 0. The van der Waals surface area contributed by atoms with Gasteiger partial charge in [0.2, 0.25) is 0 Å². The van der Waals surface area contributed by atoms with Crippen molar-refractivity contribution in [2.45, 2.75) is 25.7 Å². The maximum absolute atomic E-state index is 12.5. The molecule has 5 nitrogen and oxygen atoms in total. The highest BCUT2D eigenvalue weighted by Gasteiger charge is 2.24. The van der Waals surface area contributed by atoms with Gasteiger partial charge in [-0.2, -0.15) is 0 Å². The predicted molar refractivity (Wildman–Crippen MR) is 80.7 cm³/mol. The second-order valence-corrected chi connectivity index (χ2v) is 6.39. The highest BCUT2D eigenvalue weighted by atomic mass is 32.1. The Kier molecular flexibility index (Phi) is 3.56. The molecule has 0 bridgehead atoms. The minimum atomic E-state index is -0.0146. The number of nitrogens with zero attached hydrogens (tertiary/aromatic N) is 3. The summed E-state index contributed by atoms with van der Waals surface area (Å²) in [5.74, 6) is 0.620. The van der Waals surface area contributed by atoms with E-state index in [1.807, 2.05) is 7.05 Å². The van der Waals surface area contributed by atoms with E-state index < -0.39 is 0 Å². The number of carbonyl (C=O) groups is 1. The van der Waals surface area contributed by atoms with E-state index in [0.717, 1.165) is 11.4 Å². The zero-order valence-corrected chi connectivity index (χ0v) is 12.3. The second kappa shape index (κ2) is 5.36. The molecule has 2 N–H and O–H groups in total. The van der Waals surface area contributed by atoms with Gasteiger partial charge in [0, 0.05) is 26.0 Å². The van der Waals surface area contributed by atoms with E-state index in [1.165, 1.54) is 37.0 Å². The lowest BCUT2D eigenvalue weighted by molar-refractivity contribution is 0.0779. The van der Waals surface area contributed by atoms with Gasteiger partial charge in [-0.1, -0.05) is 12.8 Å². The third-order valence-corrected chi connectivity index (χ3v) is 5.00. The standard InChI is InChI=1S/C14H18N4OS/c1-18(8-9-4-2-3-5-9)14(19)12-10(15)11-13(20-12)17-7-6-16-11/h6-7,9H,2-5,8,15H2,1H3. The van der Waals surface area contributed by atoms with Crippen LogP contribution in [0, 0.1) is 5.92 Å². The molecule has 6 heteroatoms. The minimum absolute atomic E-state index is 0.0146. The van der Waals surface area contributed by atoms with Crippen LogP contribution in [0.2, 0.25) is 0 Å². The highest BCUT2D eigenvalue weighted by Crippen LogP contribution is 2.32. The van der Waals surface area contributed by atoms with Crippen LogP contribution in [0.4, 0.5) is 5.69 Å². The van der Waals surface area contributed by atoms with Crippen LogP contribution in [0.25, 0.3) is 10.3 Å². The van der Waals surface area contributed by atoms with Gasteiger partial charge in [-0.3, -0.25) is 4.79 Å². The lowest BCUT2D eigenvalue weighted by Crippen LogP contribution is -2.31. The summed E-state index contributed by atoms with van der Waals surface area (Å²) in [5, 5.41) is 0. The van der Waals surface area contributed by atoms with Gasteiger partial charge in [0.15, 0.2) is 0 Å². The Morgan fingerprint density at radius 1 is 1.40 bits per heavy atom. The van der Waals surface area contributed by atoms with Crippen molar-refractivity contribution in [1.82, 2.24) is 14.9 Å². The van der Waals surface area contributed by atoms with E-state index in [-0.39, 0.29) is 5.91 Å². The molecule has 1 aliphatic carbocycles. The average Bonchev–Trinajstić information content (AvgIpc) is 3.07. The summed E-state index contributed by atoms with van der Waals surface area (Å²) < 4.78 is 0. The van der Waals surface area contributed by atoms with Gasteiger partial charge < -0.3 is 10.6 Å². The van der Waals surface area contributed by atoms with Crippen LogP contribution in [-0.4, -0.2) is 34.4 Å². The highest BCUT2D eigenvalue weighted by molar-refractivity contribution is 7.21. The monoisotopic (exact) mass is 290 g/mol. The van der Waals surface area contributed by atoms with Crippen molar-refractivity contribution >= 4 is 33.3 Å². The molecule has 0 radical (unpaired) electrons. The molecule has 0 spiro atoms. The molecule has 1 aliphatic rings. The Bertz CT molecular complexity index is 633. The number of amides is 1. The van der Waals surface area contributed by atoms with E-state index in [2.05, 4.69) is 9.97 Å². The van der Waals surface area contributed by atoms with Crippen LogP contribution < -0.4 is 5.73 Å². The van der Waals surface area contributed by atoms with Crippen molar-refractivity contribution in [2.24, 2.45) is 5.92 Å². The largest absolute Gasteiger partial charge is 0.396 e. The van der Waals surface area contributed by atoms with Crippen molar-refractivity contribution in [3.05, 3.63) is 17.3 Å². The van der Waals surface area contributed by atoms with Gasteiger partial charge in [-0.15, -0.1) is 11.3 Å². The quantitative estimate of drug-likeness (QED) is 0.943. The predicted octanol–water partition coefficient (Wildman–Crippen LogP) is 2.54. The number of aromatic nitrogens is 2. The fraction of sp³-hybridized carbons (Fsp3) is 0.500. The number of thiophene rings is 1. The van der Waals surface area contributed by atoms with Crippen molar-refractivity contribution in [1.29, 1.82) is 0 Å². The molecule has 3 rings (SSSR count). The Hall–Kier alpha value is -1.69. The molecule has 2 aromatic rings. The fourth-order valence-corrected chi connectivity index (χ4v) is 3.86. The smallest absolute Gasteiger partial charge is 0.265 e. The summed E-state index contributed by atoms with van der Waals surface area (Å²) in [5.41, 5.74) is 7.14. The number of fused-ring (bicyclic) bond motifs is 1. The van der Waals surface area contributed by atoms with E-state index in [1.54, 1.807) is 17.3 Å². The molecule has 0 aliphatic heterocycles. The molecule has 1 fully saturated rings. The minimum Gasteiger partial charge on any atom is -0.396 e. The zero-order chi connectivity index (χ0) is 14.1. The Morgan fingerprint density at radius 2 is 2.10 bits per heavy atom. The fourth-order valence-electron chi connectivity index (χ4n) is 2.84. The Balaban J connectivity index is 1.82. The van der Waals surface area contributed by atoms with Gasteiger partial charge >= 0.3 is 0 Å².